The van der Waals surface area contributed by atoms with Crippen LogP contribution in [0.5, 0.6) is 5.75 Å². The molecule has 0 fully saturated rings. The Kier molecular flexibility index (Phi) is 4.24. The van der Waals surface area contributed by atoms with Crippen molar-refractivity contribution >= 4 is 26.9 Å². The fraction of sp³-hybridized carbons (Fsp3) is 0.167. The number of hydrogen-bond acceptors (Lipinski definition) is 3. The van der Waals surface area contributed by atoms with Crippen molar-refractivity contribution in [2.24, 2.45) is 0 Å². The second-order valence-corrected chi connectivity index (χ2v) is 6.72. The average Bonchev–Trinajstić information content (AvgIpc) is 2.51. The van der Waals surface area contributed by atoms with E-state index in [2.05, 4.69) is 15.9 Å². The molecule has 23 heavy (non-hydrogen) atoms. The summed E-state index contributed by atoms with van der Waals surface area (Å²) in [5, 5.41) is 10.6. The molecular formula is C18H17BrNO3+. The average molecular weight is 375 g/mol. The lowest BCUT2D eigenvalue weighted by Crippen LogP contribution is -3.04. The summed E-state index contributed by atoms with van der Waals surface area (Å²) in [6, 6.07) is 10.7. The van der Waals surface area contributed by atoms with Gasteiger partial charge in [-0.1, -0.05) is 28.1 Å². The summed E-state index contributed by atoms with van der Waals surface area (Å²) in [6.45, 7) is 0.573. The SMILES string of the molecule is C[NH+](C)Cc1c(O)ccc2c(=O)c(-c3ccc(Br)cc3)coc12. The standard InChI is InChI=1S/C18H16BrNO3/c1-20(2)9-14-16(21)8-7-13-17(22)15(10-23-18(13)14)11-3-5-12(19)6-4-11/h3-8,10,21H,9H2,1-2H3/p+1. The molecule has 2 aromatic carbocycles. The quantitative estimate of drug-likeness (QED) is 0.740. The first-order valence-corrected chi connectivity index (χ1v) is 8.08. The minimum absolute atomic E-state index is 0.0939. The molecule has 3 aromatic rings. The zero-order valence-electron chi connectivity index (χ0n) is 12.9. The third-order valence-electron chi connectivity index (χ3n) is 3.71. The van der Waals surface area contributed by atoms with Crippen LogP contribution in [-0.4, -0.2) is 19.2 Å². The molecule has 0 atom stereocenters. The molecule has 0 aliphatic heterocycles. The zero-order valence-corrected chi connectivity index (χ0v) is 14.5. The van der Waals surface area contributed by atoms with Crippen molar-refractivity contribution < 1.29 is 14.4 Å². The van der Waals surface area contributed by atoms with Crippen LogP contribution in [0.15, 0.2) is 56.3 Å². The highest BCUT2D eigenvalue weighted by Gasteiger charge is 2.16. The van der Waals surface area contributed by atoms with E-state index in [0.717, 1.165) is 14.9 Å². The summed E-state index contributed by atoms with van der Waals surface area (Å²) in [7, 11) is 3.96. The number of benzene rings is 2. The minimum atomic E-state index is -0.0939. The van der Waals surface area contributed by atoms with E-state index in [-0.39, 0.29) is 11.2 Å². The van der Waals surface area contributed by atoms with Gasteiger partial charge >= 0.3 is 0 Å². The third-order valence-corrected chi connectivity index (χ3v) is 4.23. The first kappa shape index (κ1) is 15.8. The van der Waals surface area contributed by atoms with E-state index >= 15 is 0 Å². The normalized spacial score (nSPS) is 11.3. The van der Waals surface area contributed by atoms with E-state index in [4.69, 9.17) is 4.42 Å². The van der Waals surface area contributed by atoms with E-state index in [1.165, 1.54) is 6.26 Å². The van der Waals surface area contributed by atoms with Crippen molar-refractivity contribution in [2.45, 2.75) is 6.54 Å². The number of halogens is 1. The van der Waals surface area contributed by atoms with Crippen molar-refractivity contribution in [2.75, 3.05) is 14.1 Å². The van der Waals surface area contributed by atoms with Gasteiger partial charge in [-0.05, 0) is 29.8 Å². The lowest BCUT2D eigenvalue weighted by Gasteiger charge is -2.11. The van der Waals surface area contributed by atoms with Gasteiger partial charge in [0.1, 0.15) is 24.1 Å². The van der Waals surface area contributed by atoms with E-state index < -0.39 is 0 Å². The molecule has 2 N–H and O–H groups in total. The van der Waals surface area contributed by atoms with Crippen molar-refractivity contribution in [3.63, 3.8) is 0 Å². The fourth-order valence-corrected chi connectivity index (χ4v) is 2.86. The number of phenolic OH excluding ortho intramolecular Hbond substituents is 1. The van der Waals surface area contributed by atoms with Crippen molar-refractivity contribution in [1.29, 1.82) is 0 Å². The molecule has 0 bridgehead atoms. The monoisotopic (exact) mass is 374 g/mol. The molecule has 0 amide bonds. The molecule has 5 heteroatoms. The molecular weight excluding hydrogens is 358 g/mol. The second kappa shape index (κ2) is 6.18. The summed E-state index contributed by atoms with van der Waals surface area (Å²) in [6.07, 6.45) is 1.47. The molecule has 0 aliphatic carbocycles. The van der Waals surface area contributed by atoms with E-state index in [1.807, 2.05) is 38.4 Å². The van der Waals surface area contributed by atoms with E-state index in [1.54, 1.807) is 12.1 Å². The molecule has 0 aliphatic rings. The molecule has 1 heterocycles. The predicted molar refractivity (Wildman–Crippen MR) is 93.8 cm³/mol. The Hall–Kier alpha value is -2.11. The molecule has 0 saturated heterocycles. The smallest absolute Gasteiger partial charge is 0.200 e. The first-order chi connectivity index (χ1) is 11.0. The molecule has 0 saturated carbocycles. The van der Waals surface area contributed by atoms with Crippen LogP contribution in [0.4, 0.5) is 0 Å². The number of rotatable bonds is 3. The maximum absolute atomic E-state index is 12.8. The predicted octanol–water partition coefficient (Wildman–Crippen LogP) is 2.57. The number of hydrogen-bond donors (Lipinski definition) is 2. The Morgan fingerprint density at radius 2 is 1.83 bits per heavy atom. The molecule has 0 radical (unpaired) electrons. The number of nitrogens with one attached hydrogen (secondary N) is 1. The number of quaternary nitrogens is 1. The first-order valence-electron chi connectivity index (χ1n) is 7.28. The number of fused-ring (bicyclic) bond motifs is 1. The van der Waals surface area contributed by atoms with E-state index in [9.17, 15) is 9.90 Å². The van der Waals surface area contributed by atoms with Gasteiger partial charge in [-0.15, -0.1) is 0 Å². The molecule has 0 unspecified atom stereocenters. The van der Waals surface area contributed by atoms with Crippen LogP contribution in [0.1, 0.15) is 5.56 Å². The zero-order chi connectivity index (χ0) is 16.6. The van der Waals surface area contributed by atoms with Gasteiger partial charge in [0.05, 0.1) is 30.6 Å². The van der Waals surface area contributed by atoms with Gasteiger partial charge in [-0.3, -0.25) is 4.79 Å². The highest BCUT2D eigenvalue weighted by Crippen LogP contribution is 2.27. The maximum atomic E-state index is 12.8. The van der Waals surface area contributed by atoms with Crippen LogP contribution >= 0.6 is 15.9 Å². The van der Waals surface area contributed by atoms with Crippen molar-refractivity contribution in [3.8, 4) is 16.9 Å². The molecule has 1 aromatic heterocycles. The highest BCUT2D eigenvalue weighted by molar-refractivity contribution is 9.10. The summed E-state index contributed by atoms with van der Waals surface area (Å²) >= 11 is 3.38. The van der Waals surface area contributed by atoms with Crippen LogP contribution in [0, 0.1) is 0 Å². The maximum Gasteiger partial charge on any atom is 0.200 e. The third kappa shape index (κ3) is 3.02. The second-order valence-electron chi connectivity index (χ2n) is 5.81. The van der Waals surface area contributed by atoms with Gasteiger partial charge in [0.2, 0.25) is 5.43 Å². The Morgan fingerprint density at radius 3 is 2.48 bits per heavy atom. The Bertz CT molecular complexity index is 914. The number of phenols is 1. The summed E-state index contributed by atoms with van der Waals surface area (Å²) in [5.41, 5.74) is 2.33. The molecule has 0 spiro atoms. The fourth-order valence-electron chi connectivity index (χ4n) is 2.60. The summed E-state index contributed by atoms with van der Waals surface area (Å²) in [4.78, 5) is 13.9. The van der Waals surface area contributed by atoms with Crippen LogP contribution in [0.25, 0.3) is 22.1 Å². The summed E-state index contributed by atoms with van der Waals surface area (Å²) in [5.74, 6) is 0.151. The Labute approximate surface area is 142 Å². The van der Waals surface area contributed by atoms with Gasteiger partial charge in [-0.2, -0.15) is 0 Å². The number of aromatic hydroxyl groups is 1. The van der Waals surface area contributed by atoms with Crippen LogP contribution in [-0.2, 0) is 6.54 Å². The topological polar surface area (TPSA) is 54.9 Å². The molecule has 4 nitrogen and oxygen atoms in total. The molecule has 3 rings (SSSR count). The lowest BCUT2D eigenvalue weighted by molar-refractivity contribution is -0.872. The van der Waals surface area contributed by atoms with E-state index in [0.29, 0.717) is 28.6 Å². The highest BCUT2D eigenvalue weighted by atomic mass is 79.9. The minimum Gasteiger partial charge on any atom is -0.507 e. The van der Waals surface area contributed by atoms with Gasteiger partial charge in [0.15, 0.2) is 0 Å². The summed E-state index contributed by atoms with van der Waals surface area (Å²) < 4.78 is 6.69. The Morgan fingerprint density at radius 1 is 1.13 bits per heavy atom. The van der Waals surface area contributed by atoms with Gasteiger partial charge in [0.25, 0.3) is 0 Å². The van der Waals surface area contributed by atoms with Crippen LogP contribution in [0.3, 0.4) is 0 Å². The van der Waals surface area contributed by atoms with Gasteiger partial charge in [-0.25, -0.2) is 0 Å². The van der Waals surface area contributed by atoms with Gasteiger partial charge < -0.3 is 14.4 Å². The lowest BCUT2D eigenvalue weighted by atomic mass is 10.0. The largest absolute Gasteiger partial charge is 0.507 e. The van der Waals surface area contributed by atoms with Crippen LogP contribution in [0.2, 0.25) is 0 Å². The van der Waals surface area contributed by atoms with Crippen molar-refractivity contribution in [1.82, 2.24) is 0 Å². The molecule has 118 valence electrons. The Balaban J connectivity index is 2.22. The van der Waals surface area contributed by atoms with Crippen LogP contribution < -0.4 is 10.3 Å². The van der Waals surface area contributed by atoms with Gasteiger partial charge in [0, 0.05) is 4.47 Å². The van der Waals surface area contributed by atoms with Crippen molar-refractivity contribution in [3.05, 3.63) is 62.9 Å².